The number of rotatable bonds is 5. The van der Waals surface area contributed by atoms with E-state index in [2.05, 4.69) is 26.0 Å². The smallest absolute Gasteiger partial charge is 0.237 e. The van der Waals surface area contributed by atoms with Crippen molar-refractivity contribution in [3.63, 3.8) is 0 Å². The molecule has 0 atom stereocenters. The van der Waals surface area contributed by atoms with E-state index < -0.39 is 0 Å². The second-order valence-electron chi connectivity index (χ2n) is 6.16. The average molecular weight is 324 g/mol. The number of aromatic nitrogens is 5. The maximum atomic E-state index is 12.0. The number of nitrogens with zero attached hydrogens (tertiary/aromatic N) is 5. The molecule has 9 heteroatoms. The van der Waals surface area contributed by atoms with Gasteiger partial charge in [0.25, 0.3) is 0 Å². The van der Waals surface area contributed by atoms with Gasteiger partial charge in [0.2, 0.25) is 16.9 Å². The summed E-state index contributed by atoms with van der Waals surface area (Å²) in [5, 5.41) is 18.6. The van der Waals surface area contributed by atoms with E-state index in [9.17, 15) is 4.79 Å². The summed E-state index contributed by atoms with van der Waals surface area (Å²) in [5.41, 5.74) is 0.667. The van der Waals surface area contributed by atoms with Crippen molar-refractivity contribution < 1.29 is 9.32 Å². The van der Waals surface area contributed by atoms with Crippen molar-refractivity contribution in [2.24, 2.45) is 0 Å². The Hall–Kier alpha value is -1.90. The number of hydrogen-bond donors (Lipinski definition) is 1. The van der Waals surface area contributed by atoms with Crippen LogP contribution >= 0.6 is 11.8 Å². The minimum absolute atomic E-state index is 0.124. The van der Waals surface area contributed by atoms with Crippen LogP contribution in [0.25, 0.3) is 0 Å². The zero-order chi connectivity index (χ0) is 16.3. The molecule has 1 N–H and O–H groups in total. The lowest BCUT2D eigenvalue weighted by Gasteiger charge is -2.12. The Balaban J connectivity index is 1.91. The molecule has 8 nitrogen and oxygen atoms in total. The number of thioether (sulfide) groups is 1. The monoisotopic (exact) mass is 324 g/mol. The highest BCUT2D eigenvalue weighted by molar-refractivity contribution is 7.99. The van der Waals surface area contributed by atoms with E-state index >= 15 is 0 Å². The van der Waals surface area contributed by atoms with Gasteiger partial charge in [0.05, 0.1) is 17.5 Å². The molecule has 0 aromatic carbocycles. The molecular weight excluding hydrogens is 304 g/mol. The van der Waals surface area contributed by atoms with Gasteiger partial charge in [-0.15, -0.1) is 5.10 Å². The first-order chi connectivity index (χ1) is 10.3. The third-order valence-corrected chi connectivity index (χ3v) is 3.76. The normalized spacial score (nSPS) is 11.9. The molecule has 2 aromatic rings. The SMILES string of the molecule is CC(C)n1nnnc1SCC(=O)Nc1cc(C(C)(C)C)no1. The molecule has 0 saturated heterocycles. The molecule has 0 aliphatic carbocycles. The number of hydrogen-bond acceptors (Lipinski definition) is 7. The Morgan fingerprint density at radius 3 is 2.77 bits per heavy atom. The van der Waals surface area contributed by atoms with Gasteiger partial charge >= 0.3 is 0 Å². The quantitative estimate of drug-likeness (QED) is 0.842. The molecule has 0 aliphatic rings. The highest BCUT2D eigenvalue weighted by Gasteiger charge is 2.20. The molecule has 0 fully saturated rings. The topological polar surface area (TPSA) is 98.7 Å². The van der Waals surface area contributed by atoms with E-state index in [1.807, 2.05) is 34.6 Å². The fraction of sp³-hybridized carbons (Fsp3) is 0.615. The molecule has 0 aliphatic heterocycles. The lowest BCUT2D eigenvalue weighted by atomic mass is 9.92. The Morgan fingerprint density at radius 2 is 2.18 bits per heavy atom. The summed E-state index contributed by atoms with van der Waals surface area (Å²) < 4.78 is 6.79. The summed E-state index contributed by atoms with van der Waals surface area (Å²) >= 11 is 1.27. The standard InChI is InChI=1S/C13H20N6O2S/c1-8(2)19-12(15-17-18-19)22-7-10(20)14-11-6-9(16-21-11)13(3,4)5/h6,8H,7H2,1-5H3,(H,14,20). The van der Waals surface area contributed by atoms with Gasteiger partial charge in [-0.3, -0.25) is 10.1 Å². The molecule has 1 amide bonds. The lowest BCUT2D eigenvalue weighted by Crippen LogP contribution is -2.15. The zero-order valence-corrected chi connectivity index (χ0v) is 14.1. The number of carbonyl (C=O) groups excluding carboxylic acids is 1. The molecule has 2 aromatic heterocycles. The molecule has 0 saturated carbocycles. The van der Waals surface area contributed by atoms with Crippen LogP contribution in [0.15, 0.2) is 15.7 Å². The lowest BCUT2D eigenvalue weighted by molar-refractivity contribution is -0.113. The van der Waals surface area contributed by atoms with Gasteiger partial charge in [-0.05, 0) is 24.3 Å². The number of amides is 1. The van der Waals surface area contributed by atoms with Crippen LogP contribution in [0.1, 0.15) is 46.4 Å². The van der Waals surface area contributed by atoms with Crippen LogP contribution < -0.4 is 5.32 Å². The van der Waals surface area contributed by atoms with Gasteiger partial charge < -0.3 is 4.52 Å². The molecule has 120 valence electrons. The average Bonchev–Trinajstić information content (AvgIpc) is 3.03. The van der Waals surface area contributed by atoms with Gasteiger partial charge in [0.1, 0.15) is 0 Å². The van der Waals surface area contributed by atoms with Crippen LogP contribution in [-0.2, 0) is 10.2 Å². The second kappa shape index (κ2) is 6.47. The van der Waals surface area contributed by atoms with E-state index in [-0.39, 0.29) is 23.1 Å². The van der Waals surface area contributed by atoms with Crippen LogP contribution in [0.3, 0.4) is 0 Å². The van der Waals surface area contributed by atoms with E-state index in [0.717, 1.165) is 5.69 Å². The maximum absolute atomic E-state index is 12.0. The van der Waals surface area contributed by atoms with Crippen molar-refractivity contribution in [1.29, 1.82) is 0 Å². The number of nitrogens with one attached hydrogen (secondary N) is 1. The van der Waals surface area contributed by atoms with Gasteiger partial charge in [-0.2, -0.15) is 0 Å². The van der Waals surface area contributed by atoms with Crippen LogP contribution in [-0.4, -0.2) is 37.0 Å². The first-order valence-electron chi connectivity index (χ1n) is 6.95. The van der Waals surface area contributed by atoms with Crippen molar-refractivity contribution in [1.82, 2.24) is 25.4 Å². The van der Waals surface area contributed by atoms with Gasteiger partial charge in [0, 0.05) is 11.5 Å². The first kappa shape index (κ1) is 16.5. The Kier molecular flexibility index (Phi) is 4.84. The zero-order valence-electron chi connectivity index (χ0n) is 13.3. The summed E-state index contributed by atoms with van der Waals surface area (Å²) in [7, 11) is 0. The Bertz CT molecular complexity index is 643. The second-order valence-corrected chi connectivity index (χ2v) is 7.11. The van der Waals surface area contributed by atoms with Gasteiger partial charge in [0.15, 0.2) is 0 Å². The molecular formula is C13H20N6O2S. The first-order valence-corrected chi connectivity index (χ1v) is 7.93. The van der Waals surface area contributed by atoms with Crippen LogP contribution in [0, 0.1) is 0 Å². The van der Waals surface area contributed by atoms with Crippen molar-refractivity contribution in [3.05, 3.63) is 11.8 Å². The van der Waals surface area contributed by atoms with Crippen LogP contribution in [0.2, 0.25) is 0 Å². The third-order valence-electron chi connectivity index (χ3n) is 2.83. The van der Waals surface area contributed by atoms with E-state index in [0.29, 0.717) is 11.0 Å². The molecule has 0 bridgehead atoms. The number of tetrazole rings is 1. The highest BCUT2D eigenvalue weighted by Crippen LogP contribution is 2.24. The largest absolute Gasteiger partial charge is 0.338 e. The van der Waals surface area contributed by atoms with Crippen LogP contribution in [0.4, 0.5) is 5.88 Å². The number of carbonyl (C=O) groups is 1. The summed E-state index contributed by atoms with van der Waals surface area (Å²) in [6.07, 6.45) is 0. The summed E-state index contributed by atoms with van der Waals surface area (Å²) in [4.78, 5) is 12.0. The molecule has 0 unspecified atom stereocenters. The van der Waals surface area contributed by atoms with E-state index in [1.54, 1.807) is 10.7 Å². The van der Waals surface area contributed by atoms with Crippen molar-refractivity contribution in [2.45, 2.75) is 51.2 Å². The van der Waals surface area contributed by atoms with Crippen molar-refractivity contribution >= 4 is 23.6 Å². The van der Waals surface area contributed by atoms with Gasteiger partial charge in [-0.25, -0.2) is 4.68 Å². The Labute approximate surface area is 133 Å². The summed E-state index contributed by atoms with van der Waals surface area (Å²) in [5.74, 6) is 0.345. The molecule has 2 heterocycles. The summed E-state index contributed by atoms with van der Waals surface area (Å²) in [6.45, 7) is 10.0. The number of anilines is 1. The van der Waals surface area contributed by atoms with Crippen LogP contribution in [0.5, 0.6) is 0 Å². The molecule has 0 spiro atoms. The van der Waals surface area contributed by atoms with Gasteiger partial charge in [-0.1, -0.05) is 37.7 Å². The van der Waals surface area contributed by atoms with Crippen molar-refractivity contribution in [3.8, 4) is 0 Å². The minimum atomic E-state index is -0.195. The minimum Gasteiger partial charge on any atom is -0.338 e. The Morgan fingerprint density at radius 1 is 1.45 bits per heavy atom. The molecule has 22 heavy (non-hydrogen) atoms. The van der Waals surface area contributed by atoms with Crippen molar-refractivity contribution in [2.75, 3.05) is 11.1 Å². The predicted octanol–water partition coefficient (Wildman–Crippen LogP) is 2.27. The fourth-order valence-electron chi connectivity index (χ4n) is 1.60. The molecule has 0 radical (unpaired) electrons. The van der Waals surface area contributed by atoms with E-state index in [1.165, 1.54) is 11.8 Å². The maximum Gasteiger partial charge on any atom is 0.237 e. The third kappa shape index (κ3) is 4.06. The highest BCUT2D eigenvalue weighted by atomic mass is 32.2. The predicted molar refractivity (Wildman–Crippen MR) is 82.8 cm³/mol. The summed E-state index contributed by atoms with van der Waals surface area (Å²) in [6, 6.07) is 1.88. The fourth-order valence-corrected chi connectivity index (χ4v) is 2.40. The molecule has 2 rings (SSSR count). The van der Waals surface area contributed by atoms with E-state index in [4.69, 9.17) is 4.52 Å².